The highest BCUT2D eigenvalue weighted by molar-refractivity contribution is 7.99. The number of hydrogen-bond donors (Lipinski definition) is 1. The summed E-state index contributed by atoms with van der Waals surface area (Å²) in [5, 5.41) is 14.3. The summed E-state index contributed by atoms with van der Waals surface area (Å²) in [6, 6.07) is 13.9. The topological polar surface area (TPSA) is 110 Å². The Kier molecular flexibility index (Phi) is 5.95. The fourth-order valence-corrected chi connectivity index (χ4v) is 5.00. The number of carbonyl (C=O) groups excluding carboxylic acids is 3. The molecule has 34 heavy (non-hydrogen) atoms. The zero-order chi connectivity index (χ0) is 23.7. The van der Waals surface area contributed by atoms with Gasteiger partial charge in [0.2, 0.25) is 5.91 Å². The molecule has 5 rings (SSSR count). The third kappa shape index (κ3) is 3.99. The fourth-order valence-electron chi connectivity index (χ4n) is 3.65. The number of hydrogen-bond acceptors (Lipinski definition) is 8. The van der Waals surface area contributed by atoms with Crippen LogP contribution >= 0.6 is 23.1 Å². The number of nitrogens with one attached hydrogen (secondary N) is 1. The molecule has 3 amide bonds. The Morgan fingerprint density at radius 2 is 1.74 bits per heavy atom. The predicted molar refractivity (Wildman–Crippen MR) is 130 cm³/mol. The van der Waals surface area contributed by atoms with Crippen molar-refractivity contribution in [3.63, 3.8) is 0 Å². The van der Waals surface area contributed by atoms with E-state index in [2.05, 4.69) is 20.5 Å². The Morgan fingerprint density at radius 3 is 2.35 bits per heavy atom. The SMILES string of the molecule is CCn1c(SCC(=O)Nc2nccs2)nnc1-c1ccc(N2C(=O)c3ccccc3C2=O)cc1. The van der Waals surface area contributed by atoms with Crippen LogP contribution in [0.2, 0.25) is 0 Å². The minimum Gasteiger partial charge on any atom is -0.302 e. The number of amides is 3. The van der Waals surface area contributed by atoms with Crippen molar-refractivity contribution >= 4 is 51.6 Å². The van der Waals surface area contributed by atoms with E-state index in [9.17, 15) is 14.4 Å². The molecule has 1 aliphatic rings. The molecule has 2 aromatic carbocycles. The van der Waals surface area contributed by atoms with E-state index >= 15 is 0 Å². The second-order valence-corrected chi connectivity index (χ2v) is 9.10. The van der Waals surface area contributed by atoms with E-state index in [1.54, 1.807) is 60.1 Å². The minimum absolute atomic E-state index is 0.169. The smallest absolute Gasteiger partial charge is 0.266 e. The first-order chi connectivity index (χ1) is 16.6. The monoisotopic (exact) mass is 490 g/mol. The summed E-state index contributed by atoms with van der Waals surface area (Å²) < 4.78 is 1.92. The van der Waals surface area contributed by atoms with Crippen molar-refractivity contribution in [2.75, 3.05) is 16.0 Å². The van der Waals surface area contributed by atoms with Gasteiger partial charge in [0.15, 0.2) is 16.1 Å². The summed E-state index contributed by atoms with van der Waals surface area (Å²) in [6.07, 6.45) is 1.63. The predicted octanol–water partition coefficient (Wildman–Crippen LogP) is 3.95. The number of anilines is 2. The number of thioether (sulfide) groups is 1. The molecular formula is C23H18N6O3S2. The molecule has 0 fully saturated rings. The largest absolute Gasteiger partial charge is 0.302 e. The summed E-state index contributed by atoms with van der Waals surface area (Å²) in [4.78, 5) is 42.9. The molecule has 0 saturated carbocycles. The molecule has 0 bridgehead atoms. The third-order valence-corrected chi connectivity index (χ3v) is 6.88. The molecule has 11 heteroatoms. The Morgan fingerprint density at radius 1 is 1.03 bits per heavy atom. The Labute approximate surface area is 202 Å². The quantitative estimate of drug-likeness (QED) is 0.308. The fraction of sp³-hybridized carbons (Fsp3) is 0.130. The lowest BCUT2D eigenvalue weighted by Crippen LogP contribution is -2.29. The van der Waals surface area contributed by atoms with E-state index in [4.69, 9.17) is 0 Å². The first-order valence-corrected chi connectivity index (χ1v) is 12.3. The molecule has 0 unspecified atom stereocenters. The van der Waals surface area contributed by atoms with Gasteiger partial charge in [-0.3, -0.25) is 14.4 Å². The van der Waals surface area contributed by atoms with Crippen LogP contribution in [0.5, 0.6) is 0 Å². The standard InChI is InChI=1S/C23H18N6O3S2/c1-2-28-19(26-27-23(28)34-13-18(30)25-22-24-11-12-33-22)14-7-9-15(10-8-14)29-20(31)16-5-3-4-6-17(16)21(29)32/h3-12H,2,13H2,1H3,(H,24,25,30). The van der Waals surface area contributed by atoms with E-state index < -0.39 is 0 Å². The molecule has 170 valence electrons. The summed E-state index contributed by atoms with van der Waals surface area (Å²) in [7, 11) is 0. The van der Waals surface area contributed by atoms with E-state index in [1.165, 1.54) is 28.0 Å². The zero-order valence-corrected chi connectivity index (χ0v) is 19.6. The van der Waals surface area contributed by atoms with Crippen LogP contribution in [-0.2, 0) is 11.3 Å². The van der Waals surface area contributed by atoms with Gasteiger partial charge in [-0.15, -0.1) is 21.5 Å². The van der Waals surface area contributed by atoms with Crippen LogP contribution in [0.15, 0.2) is 65.3 Å². The number of thiazole rings is 1. The molecule has 0 radical (unpaired) electrons. The van der Waals surface area contributed by atoms with Crippen molar-refractivity contribution in [1.29, 1.82) is 0 Å². The van der Waals surface area contributed by atoms with Crippen molar-refractivity contribution in [3.05, 3.63) is 71.2 Å². The van der Waals surface area contributed by atoms with Gasteiger partial charge in [0.1, 0.15) is 0 Å². The maximum absolute atomic E-state index is 12.7. The summed E-state index contributed by atoms with van der Waals surface area (Å²) in [5.41, 5.74) is 2.09. The van der Waals surface area contributed by atoms with Gasteiger partial charge in [0.25, 0.3) is 11.8 Å². The van der Waals surface area contributed by atoms with Crippen LogP contribution < -0.4 is 10.2 Å². The molecule has 1 N–H and O–H groups in total. The van der Waals surface area contributed by atoms with E-state index in [-0.39, 0.29) is 23.5 Å². The van der Waals surface area contributed by atoms with E-state index in [0.717, 1.165) is 5.56 Å². The van der Waals surface area contributed by atoms with Crippen LogP contribution in [0.1, 0.15) is 27.6 Å². The highest BCUT2D eigenvalue weighted by atomic mass is 32.2. The third-order valence-electron chi connectivity index (χ3n) is 5.22. The van der Waals surface area contributed by atoms with Crippen molar-refractivity contribution in [1.82, 2.24) is 19.7 Å². The number of fused-ring (bicyclic) bond motifs is 1. The molecule has 3 heterocycles. The van der Waals surface area contributed by atoms with Crippen LogP contribution in [0.3, 0.4) is 0 Å². The van der Waals surface area contributed by atoms with Gasteiger partial charge in [-0.25, -0.2) is 9.88 Å². The molecule has 9 nitrogen and oxygen atoms in total. The van der Waals surface area contributed by atoms with Gasteiger partial charge >= 0.3 is 0 Å². The number of aromatic nitrogens is 4. The maximum Gasteiger partial charge on any atom is 0.266 e. The molecule has 0 atom stereocenters. The lowest BCUT2D eigenvalue weighted by atomic mass is 10.1. The first-order valence-electron chi connectivity index (χ1n) is 10.4. The summed E-state index contributed by atoms with van der Waals surface area (Å²) in [6.45, 7) is 2.58. The molecule has 4 aromatic rings. The number of imide groups is 1. The van der Waals surface area contributed by atoms with Crippen LogP contribution in [-0.4, -0.2) is 43.2 Å². The summed E-state index contributed by atoms with van der Waals surface area (Å²) in [5.74, 6) is -0.0209. The average Bonchev–Trinajstić information content (AvgIpc) is 3.57. The maximum atomic E-state index is 12.7. The molecular weight excluding hydrogens is 472 g/mol. The number of benzene rings is 2. The Hall–Kier alpha value is -3.83. The van der Waals surface area contributed by atoms with E-state index in [1.807, 2.05) is 11.5 Å². The second kappa shape index (κ2) is 9.20. The van der Waals surface area contributed by atoms with Gasteiger partial charge in [-0.2, -0.15) is 0 Å². The van der Waals surface area contributed by atoms with Crippen molar-refractivity contribution in [2.45, 2.75) is 18.6 Å². The Balaban J connectivity index is 1.32. The molecule has 0 spiro atoms. The molecule has 2 aromatic heterocycles. The van der Waals surface area contributed by atoms with E-state index in [0.29, 0.717) is 39.5 Å². The number of carbonyl (C=O) groups is 3. The van der Waals surface area contributed by atoms with Gasteiger partial charge in [-0.05, 0) is 43.3 Å². The molecule has 0 saturated heterocycles. The van der Waals surface area contributed by atoms with Crippen LogP contribution in [0, 0.1) is 0 Å². The first kappa shape index (κ1) is 22.0. The van der Waals surface area contributed by atoms with Gasteiger partial charge in [0.05, 0.1) is 22.6 Å². The second-order valence-electron chi connectivity index (χ2n) is 7.26. The normalized spacial score (nSPS) is 12.8. The number of rotatable bonds is 7. The van der Waals surface area contributed by atoms with Crippen molar-refractivity contribution < 1.29 is 14.4 Å². The van der Waals surface area contributed by atoms with Crippen molar-refractivity contribution in [3.8, 4) is 11.4 Å². The highest BCUT2D eigenvalue weighted by Crippen LogP contribution is 2.31. The highest BCUT2D eigenvalue weighted by Gasteiger charge is 2.36. The minimum atomic E-state index is -0.334. The van der Waals surface area contributed by atoms with Crippen LogP contribution in [0.4, 0.5) is 10.8 Å². The lowest BCUT2D eigenvalue weighted by molar-refractivity contribution is -0.113. The van der Waals surface area contributed by atoms with Gasteiger partial charge in [0, 0.05) is 23.7 Å². The summed E-state index contributed by atoms with van der Waals surface area (Å²) >= 11 is 2.65. The average molecular weight is 491 g/mol. The zero-order valence-electron chi connectivity index (χ0n) is 18.0. The van der Waals surface area contributed by atoms with Crippen molar-refractivity contribution in [2.24, 2.45) is 0 Å². The molecule has 0 aliphatic carbocycles. The lowest BCUT2D eigenvalue weighted by Gasteiger charge is -2.14. The van der Waals surface area contributed by atoms with Gasteiger partial charge in [-0.1, -0.05) is 23.9 Å². The number of nitrogens with zero attached hydrogens (tertiary/aromatic N) is 5. The van der Waals surface area contributed by atoms with Crippen LogP contribution in [0.25, 0.3) is 11.4 Å². The molecule has 1 aliphatic heterocycles. The Bertz CT molecular complexity index is 1350. The van der Waals surface area contributed by atoms with Gasteiger partial charge < -0.3 is 9.88 Å².